The highest BCUT2D eigenvalue weighted by Crippen LogP contribution is 2.15. The first kappa shape index (κ1) is 16.0. The van der Waals surface area contributed by atoms with E-state index in [2.05, 4.69) is 13.2 Å². The standard InChI is InChI=1S/C18H22N2O2/c1-3-11-19(12-4-2)18(22)16-9-7-15(8-10-16)14-20-13-5-6-17(20)21/h3-4,7-10H,1-2,5-6,11-14H2. The number of rotatable bonds is 7. The Kier molecular flexibility index (Phi) is 5.53. The van der Waals surface area contributed by atoms with Gasteiger partial charge in [0.15, 0.2) is 0 Å². The minimum absolute atomic E-state index is 0.0383. The van der Waals surface area contributed by atoms with E-state index < -0.39 is 0 Å². The Morgan fingerprint density at radius 2 is 1.82 bits per heavy atom. The van der Waals surface area contributed by atoms with Crippen LogP contribution in [0.2, 0.25) is 0 Å². The second-order valence-electron chi connectivity index (χ2n) is 5.40. The van der Waals surface area contributed by atoms with Crippen molar-refractivity contribution in [1.29, 1.82) is 0 Å². The molecule has 2 rings (SSSR count). The predicted molar refractivity (Wildman–Crippen MR) is 87.4 cm³/mol. The summed E-state index contributed by atoms with van der Waals surface area (Å²) >= 11 is 0. The van der Waals surface area contributed by atoms with E-state index in [1.165, 1.54) is 0 Å². The van der Waals surface area contributed by atoms with Crippen molar-refractivity contribution in [3.05, 3.63) is 60.7 Å². The van der Waals surface area contributed by atoms with Crippen LogP contribution in [-0.4, -0.2) is 41.2 Å². The highest BCUT2D eigenvalue weighted by atomic mass is 16.2. The number of benzene rings is 1. The molecule has 1 saturated heterocycles. The van der Waals surface area contributed by atoms with Crippen LogP contribution in [0.15, 0.2) is 49.6 Å². The lowest BCUT2D eigenvalue weighted by Gasteiger charge is -2.20. The third kappa shape index (κ3) is 3.85. The molecule has 0 bridgehead atoms. The van der Waals surface area contributed by atoms with Gasteiger partial charge < -0.3 is 9.80 Å². The summed E-state index contributed by atoms with van der Waals surface area (Å²) in [7, 11) is 0. The first-order valence-corrected chi connectivity index (χ1v) is 7.53. The van der Waals surface area contributed by atoms with Gasteiger partial charge >= 0.3 is 0 Å². The molecule has 116 valence electrons. The average Bonchev–Trinajstić information content (AvgIpc) is 2.92. The second kappa shape index (κ2) is 7.59. The van der Waals surface area contributed by atoms with E-state index in [9.17, 15) is 9.59 Å². The van der Waals surface area contributed by atoms with Crippen molar-refractivity contribution in [2.75, 3.05) is 19.6 Å². The van der Waals surface area contributed by atoms with Crippen LogP contribution in [0.25, 0.3) is 0 Å². The Morgan fingerprint density at radius 3 is 2.32 bits per heavy atom. The van der Waals surface area contributed by atoms with Gasteiger partial charge in [-0.05, 0) is 24.1 Å². The molecule has 1 aliphatic heterocycles. The molecule has 0 radical (unpaired) electrons. The van der Waals surface area contributed by atoms with E-state index in [0.29, 0.717) is 31.6 Å². The van der Waals surface area contributed by atoms with E-state index in [1.54, 1.807) is 17.1 Å². The maximum Gasteiger partial charge on any atom is 0.254 e. The Hall–Kier alpha value is -2.36. The topological polar surface area (TPSA) is 40.6 Å². The Balaban J connectivity index is 2.03. The van der Waals surface area contributed by atoms with Gasteiger partial charge in [-0.3, -0.25) is 9.59 Å². The van der Waals surface area contributed by atoms with Crippen molar-refractivity contribution >= 4 is 11.8 Å². The summed E-state index contributed by atoms with van der Waals surface area (Å²) in [5, 5.41) is 0. The summed E-state index contributed by atoms with van der Waals surface area (Å²) < 4.78 is 0. The fourth-order valence-electron chi connectivity index (χ4n) is 2.58. The van der Waals surface area contributed by atoms with Gasteiger partial charge in [0, 0.05) is 38.2 Å². The van der Waals surface area contributed by atoms with Crippen molar-refractivity contribution in [3.8, 4) is 0 Å². The molecule has 0 atom stereocenters. The monoisotopic (exact) mass is 298 g/mol. The lowest BCUT2D eigenvalue weighted by Crippen LogP contribution is -2.31. The summed E-state index contributed by atoms with van der Waals surface area (Å²) in [5.41, 5.74) is 1.69. The van der Waals surface area contributed by atoms with Crippen LogP contribution in [-0.2, 0) is 11.3 Å². The average molecular weight is 298 g/mol. The highest BCUT2D eigenvalue weighted by Gasteiger charge is 2.20. The maximum absolute atomic E-state index is 12.4. The molecule has 0 N–H and O–H groups in total. The van der Waals surface area contributed by atoms with Gasteiger partial charge in [0.25, 0.3) is 5.91 Å². The molecule has 1 aromatic rings. The van der Waals surface area contributed by atoms with Gasteiger partial charge in [0.05, 0.1) is 0 Å². The summed E-state index contributed by atoms with van der Waals surface area (Å²) in [4.78, 5) is 27.6. The fraction of sp³-hybridized carbons (Fsp3) is 0.333. The minimum atomic E-state index is -0.0383. The normalized spacial score (nSPS) is 14.0. The molecule has 1 fully saturated rings. The van der Waals surface area contributed by atoms with Gasteiger partial charge in [0.2, 0.25) is 5.91 Å². The van der Waals surface area contributed by atoms with Gasteiger partial charge in [-0.2, -0.15) is 0 Å². The van der Waals surface area contributed by atoms with Crippen molar-refractivity contribution in [2.45, 2.75) is 19.4 Å². The number of nitrogens with zero attached hydrogens (tertiary/aromatic N) is 2. The van der Waals surface area contributed by atoms with Crippen LogP contribution in [0.3, 0.4) is 0 Å². The quantitative estimate of drug-likeness (QED) is 0.726. The van der Waals surface area contributed by atoms with Gasteiger partial charge in [-0.15, -0.1) is 13.2 Å². The van der Waals surface area contributed by atoms with Crippen LogP contribution >= 0.6 is 0 Å². The molecule has 0 unspecified atom stereocenters. The number of likely N-dealkylation sites (tertiary alicyclic amines) is 1. The fourth-order valence-corrected chi connectivity index (χ4v) is 2.58. The molecule has 2 amide bonds. The SMILES string of the molecule is C=CCN(CC=C)C(=O)c1ccc(CN2CCCC2=O)cc1. The molecule has 0 spiro atoms. The van der Waals surface area contributed by atoms with Crippen LogP contribution < -0.4 is 0 Å². The molecule has 4 nitrogen and oxygen atoms in total. The Labute approximate surface area is 131 Å². The lowest BCUT2D eigenvalue weighted by molar-refractivity contribution is -0.128. The Morgan fingerprint density at radius 1 is 1.18 bits per heavy atom. The molecule has 1 aromatic carbocycles. The zero-order chi connectivity index (χ0) is 15.9. The van der Waals surface area contributed by atoms with Crippen LogP contribution in [0.4, 0.5) is 0 Å². The third-order valence-corrected chi connectivity index (χ3v) is 3.73. The van der Waals surface area contributed by atoms with Gasteiger partial charge in [-0.1, -0.05) is 24.3 Å². The first-order chi connectivity index (χ1) is 10.7. The number of carbonyl (C=O) groups is 2. The lowest BCUT2D eigenvalue weighted by atomic mass is 10.1. The second-order valence-corrected chi connectivity index (χ2v) is 5.40. The number of carbonyl (C=O) groups excluding carboxylic acids is 2. The smallest absolute Gasteiger partial charge is 0.254 e. The number of hydrogen-bond acceptors (Lipinski definition) is 2. The molecular weight excluding hydrogens is 276 g/mol. The van der Waals surface area contributed by atoms with E-state index in [1.807, 2.05) is 29.2 Å². The first-order valence-electron chi connectivity index (χ1n) is 7.53. The molecule has 4 heteroatoms. The minimum Gasteiger partial charge on any atom is -0.338 e. The van der Waals surface area contributed by atoms with Crippen LogP contribution in [0.1, 0.15) is 28.8 Å². The zero-order valence-corrected chi connectivity index (χ0v) is 12.8. The van der Waals surface area contributed by atoms with E-state index in [0.717, 1.165) is 18.5 Å². The van der Waals surface area contributed by atoms with Crippen molar-refractivity contribution in [3.63, 3.8) is 0 Å². The molecule has 1 aliphatic rings. The van der Waals surface area contributed by atoms with E-state index in [-0.39, 0.29) is 11.8 Å². The van der Waals surface area contributed by atoms with Gasteiger partial charge in [-0.25, -0.2) is 0 Å². The molecular formula is C18H22N2O2. The van der Waals surface area contributed by atoms with E-state index in [4.69, 9.17) is 0 Å². The third-order valence-electron chi connectivity index (χ3n) is 3.73. The zero-order valence-electron chi connectivity index (χ0n) is 12.8. The summed E-state index contributed by atoms with van der Waals surface area (Å²) in [6.45, 7) is 9.78. The molecule has 0 saturated carbocycles. The highest BCUT2D eigenvalue weighted by molar-refractivity contribution is 5.94. The van der Waals surface area contributed by atoms with Crippen molar-refractivity contribution in [2.24, 2.45) is 0 Å². The molecule has 0 aliphatic carbocycles. The van der Waals surface area contributed by atoms with Crippen molar-refractivity contribution < 1.29 is 9.59 Å². The maximum atomic E-state index is 12.4. The van der Waals surface area contributed by atoms with Crippen molar-refractivity contribution in [1.82, 2.24) is 9.80 Å². The Bertz CT molecular complexity index is 553. The van der Waals surface area contributed by atoms with Crippen LogP contribution in [0.5, 0.6) is 0 Å². The largest absolute Gasteiger partial charge is 0.338 e. The molecule has 22 heavy (non-hydrogen) atoms. The molecule has 1 heterocycles. The number of amides is 2. The number of hydrogen-bond donors (Lipinski definition) is 0. The van der Waals surface area contributed by atoms with E-state index >= 15 is 0 Å². The summed E-state index contributed by atoms with van der Waals surface area (Å²) in [6.07, 6.45) is 4.99. The van der Waals surface area contributed by atoms with Gasteiger partial charge in [0.1, 0.15) is 0 Å². The molecule has 0 aromatic heterocycles. The summed E-state index contributed by atoms with van der Waals surface area (Å²) in [6, 6.07) is 7.46. The summed E-state index contributed by atoms with van der Waals surface area (Å²) in [5.74, 6) is 0.173. The predicted octanol–water partition coefficient (Wildman–Crippen LogP) is 2.62. The van der Waals surface area contributed by atoms with Crippen LogP contribution in [0, 0.1) is 0 Å².